The fourth-order valence-electron chi connectivity index (χ4n) is 3.87. The molecule has 1 aromatic heterocycles. The van der Waals surface area contributed by atoms with E-state index in [4.69, 9.17) is 27.9 Å². The van der Waals surface area contributed by atoms with E-state index in [2.05, 4.69) is 5.32 Å². The van der Waals surface area contributed by atoms with Crippen molar-refractivity contribution >= 4 is 63.3 Å². The summed E-state index contributed by atoms with van der Waals surface area (Å²) in [7, 11) is 0. The topological polar surface area (TPSA) is 72.5 Å². The van der Waals surface area contributed by atoms with E-state index in [1.54, 1.807) is 30.3 Å². The molecule has 180 valence electrons. The predicted molar refractivity (Wildman–Crippen MR) is 141 cm³/mol. The number of halogens is 2. The molecule has 2 aromatic carbocycles. The number of benzene rings is 2. The van der Waals surface area contributed by atoms with Crippen LogP contribution in [0.3, 0.4) is 0 Å². The summed E-state index contributed by atoms with van der Waals surface area (Å²) < 4.78 is 5.07. The molecule has 0 saturated heterocycles. The van der Waals surface area contributed by atoms with Crippen LogP contribution >= 0.6 is 34.5 Å². The molecule has 0 unspecified atom stereocenters. The minimum Gasteiger partial charge on any atom is -0.452 e. The number of fused-ring (bicyclic) bond motifs is 1. The Bertz CT molecular complexity index is 1310. The number of hydrogen-bond donors (Lipinski definition) is 1. The van der Waals surface area contributed by atoms with Crippen LogP contribution in [0.4, 0.5) is 5.00 Å². The minimum atomic E-state index is -0.673. The molecule has 3 aromatic rings. The van der Waals surface area contributed by atoms with Crippen LogP contribution in [0.5, 0.6) is 0 Å². The highest BCUT2D eigenvalue weighted by Crippen LogP contribution is 2.39. The Balaban J connectivity index is 1.44. The molecule has 35 heavy (non-hydrogen) atoms. The molecular weight excluding hydrogens is 505 g/mol. The van der Waals surface area contributed by atoms with E-state index >= 15 is 0 Å². The lowest BCUT2D eigenvalue weighted by atomic mass is 9.91. The van der Waals surface area contributed by atoms with Gasteiger partial charge in [-0.25, -0.2) is 4.79 Å². The van der Waals surface area contributed by atoms with Crippen LogP contribution in [-0.2, 0) is 27.2 Å². The fraction of sp³-hybridized carbons (Fsp3) is 0.222. The fourth-order valence-corrected chi connectivity index (χ4v) is 5.48. The van der Waals surface area contributed by atoms with Gasteiger partial charge in [-0.2, -0.15) is 0 Å². The van der Waals surface area contributed by atoms with Gasteiger partial charge >= 0.3 is 5.97 Å². The summed E-state index contributed by atoms with van der Waals surface area (Å²) in [6.45, 7) is 1.50. The first kappa shape index (κ1) is 25.2. The number of ketones is 1. The van der Waals surface area contributed by atoms with Crippen molar-refractivity contribution in [1.29, 1.82) is 0 Å². The molecule has 1 heterocycles. The number of carbonyl (C=O) groups is 3. The Morgan fingerprint density at radius 3 is 2.51 bits per heavy atom. The average molecular weight is 528 g/mol. The molecule has 1 amide bonds. The predicted octanol–water partition coefficient (Wildman–Crippen LogP) is 6.67. The molecule has 5 nitrogen and oxygen atoms in total. The van der Waals surface area contributed by atoms with Crippen LogP contribution in [0, 0.1) is 6.92 Å². The number of anilines is 1. The van der Waals surface area contributed by atoms with Crippen molar-refractivity contribution in [3.05, 3.63) is 91.3 Å². The van der Waals surface area contributed by atoms with E-state index in [9.17, 15) is 14.4 Å². The molecule has 8 heteroatoms. The molecule has 0 fully saturated rings. The quantitative estimate of drug-likeness (QED) is 0.211. The maximum atomic E-state index is 13.4. The number of ether oxygens (including phenoxy) is 1. The first-order valence-corrected chi connectivity index (χ1v) is 12.7. The van der Waals surface area contributed by atoms with Crippen LogP contribution in [-0.4, -0.2) is 24.3 Å². The monoisotopic (exact) mass is 527 g/mol. The third-order valence-corrected chi connectivity index (χ3v) is 7.61. The van der Waals surface area contributed by atoms with Crippen LogP contribution in [0.25, 0.3) is 6.08 Å². The van der Waals surface area contributed by atoms with E-state index in [1.807, 2.05) is 19.1 Å². The van der Waals surface area contributed by atoms with Gasteiger partial charge in [0.15, 0.2) is 12.4 Å². The highest BCUT2D eigenvalue weighted by atomic mass is 35.5. The lowest BCUT2D eigenvalue weighted by molar-refractivity contribution is -0.142. The van der Waals surface area contributed by atoms with Crippen LogP contribution in [0.1, 0.15) is 50.3 Å². The number of hydrogen-bond acceptors (Lipinski definition) is 5. The van der Waals surface area contributed by atoms with E-state index in [0.717, 1.165) is 41.7 Å². The standard InChI is InChI=1S/C27H23Cl2NO4S/c1-16-6-10-18(11-7-16)26(33)25-19-4-2-3-5-22(19)35-27(25)30-23(31)15-34-24(32)13-9-17-8-12-20(28)21(29)14-17/h6-14H,2-5,15H2,1H3,(H,30,31)/b13-9+. The van der Waals surface area contributed by atoms with Gasteiger partial charge in [0, 0.05) is 16.5 Å². The molecule has 4 rings (SSSR count). The molecular formula is C27H23Cl2NO4S. The third-order valence-electron chi connectivity index (χ3n) is 5.67. The summed E-state index contributed by atoms with van der Waals surface area (Å²) in [5, 5.41) is 4.09. The van der Waals surface area contributed by atoms with Gasteiger partial charge in [-0.1, -0.05) is 59.1 Å². The first-order chi connectivity index (χ1) is 16.8. The molecule has 0 saturated carbocycles. The van der Waals surface area contributed by atoms with Crippen molar-refractivity contribution in [1.82, 2.24) is 0 Å². The summed E-state index contributed by atoms with van der Waals surface area (Å²) in [5.74, 6) is -1.29. The zero-order chi connectivity index (χ0) is 24.9. The summed E-state index contributed by atoms with van der Waals surface area (Å²) in [6, 6.07) is 12.3. The Morgan fingerprint density at radius 1 is 1.03 bits per heavy atom. The summed E-state index contributed by atoms with van der Waals surface area (Å²) in [6.07, 6.45) is 6.49. The van der Waals surface area contributed by atoms with Gasteiger partial charge in [0.25, 0.3) is 5.91 Å². The second-order valence-corrected chi connectivity index (χ2v) is 10.2. The van der Waals surface area contributed by atoms with E-state index in [0.29, 0.717) is 31.7 Å². The molecule has 0 atom stereocenters. The number of aryl methyl sites for hydroxylation is 2. The van der Waals surface area contributed by atoms with Crippen LogP contribution in [0.15, 0.2) is 48.5 Å². The Morgan fingerprint density at radius 2 is 1.77 bits per heavy atom. The number of rotatable bonds is 7. The molecule has 0 aliphatic heterocycles. The van der Waals surface area contributed by atoms with Crippen molar-refractivity contribution < 1.29 is 19.1 Å². The Hall–Kier alpha value is -2.93. The Labute approximate surface area is 217 Å². The first-order valence-electron chi connectivity index (χ1n) is 11.2. The van der Waals surface area contributed by atoms with Gasteiger partial charge in [-0.05, 0) is 61.9 Å². The summed E-state index contributed by atoms with van der Waals surface area (Å²) in [4.78, 5) is 39.2. The highest BCUT2D eigenvalue weighted by molar-refractivity contribution is 7.17. The highest BCUT2D eigenvalue weighted by Gasteiger charge is 2.27. The number of amides is 1. The number of carbonyl (C=O) groups excluding carboxylic acids is 3. The van der Waals surface area contributed by atoms with Crippen molar-refractivity contribution in [2.45, 2.75) is 32.6 Å². The maximum absolute atomic E-state index is 13.4. The maximum Gasteiger partial charge on any atom is 0.331 e. The second kappa shape index (κ2) is 11.2. The zero-order valence-corrected chi connectivity index (χ0v) is 21.4. The largest absolute Gasteiger partial charge is 0.452 e. The van der Waals surface area contributed by atoms with Gasteiger partial charge in [0.2, 0.25) is 0 Å². The van der Waals surface area contributed by atoms with E-state index < -0.39 is 18.5 Å². The SMILES string of the molecule is Cc1ccc(C(=O)c2c(NC(=O)COC(=O)/C=C/c3ccc(Cl)c(Cl)c3)sc3c2CCCC3)cc1. The lowest BCUT2D eigenvalue weighted by Crippen LogP contribution is -2.21. The summed E-state index contributed by atoms with van der Waals surface area (Å²) in [5.41, 5.74) is 3.88. The summed E-state index contributed by atoms with van der Waals surface area (Å²) >= 11 is 13.3. The molecule has 0 radical (unpaired) electrons. The minimum absolute atomic E-state index is 0.110. The van der Waals surface area contributed by atoms with Gasteiger partial charge < -0.3 is 10.1 Å². The van der Waals surface area contributed by atoms with E-state index in [1.165, 1.54) is 23.5 Å². The van der Waals surface area contributed by atoms with Crippen molar-refractivity contribution in [3.63, 3.8) is 0 Å². The van der Waals surface area contributed by atoms with Crippen LogP contribution in [0.2, 0.25) is 10.0 Å². The molecule has 1 N–H and O–H groups in total. The van der Waals surface area contributed by atoms with Crippen molar-refractivity contribution in [2.24, 2.45) is 0 Å². The average Bonchev–Trinajstić information content (AvgIpc) is 3.21. The third kappa shape index (κ3) is 6.20. The smallest absolute Gasteiger partial charge is 0.331 e. The van der Waals surface area contributed by atoms with Crippen molar-refractivity contribution in [2.75, 3.05) is 11.9 Å². The molecule has 1 aliphatic rings. The lowest BCUT2D eigenvalue weighted by Gasteiger charge is -2.13. The number of esters is 1. The number of nitrogens with one attached hydrogen (secondary N) is 1. The number of thiophene rings is 1. The molecule has 1 aliphatic carbocycles. The van der Waals surface area contributed by atoms with Gasteiger partial charge in [0.05, 0.1) is 15.6 Å². The van der Waals surface area contributed by atoms with Crippen molar-refractivity contribution in [3.8, 4) is 0 Å². The second-order valence-electron chi connectivity index (χ2n) is 8.27. The van der Waals surface area contributed by atoms with Gasteiger partial charge in [0.1, 0.15) is 5.00 Å². The normalized spacial score (nSPS) is 12.9. The molecule has 0 bridgehead atoms. The van der Waals surface area contributed by atoms with E-state index in [-0.39, 0.29) is 5.78 Å². The van der Waals surface area contributed by atoms with Gasteiger partial charge in [-0.3, -0.25) is 9.59 Å². The Kier molecular flexibility index (Phi) is 8.06. The molecule has 0 spiro atoms. The van der Waals surface area contributed by atoms with Gasteiger partial charge in [-0.15, -0.1) is 11.3 Å². The van der Waals surface area contributed by atoms with Crippen LogP contribution < -0.4 is 5.32 Å². The zero-order valence-electron chi connectivity index (χ0n) is 19.0.